The van der Waals surface area contributed by atoms with E-state index in [0.717, 1.165) is 40.8 Å². The summed E-state index contributed by atoms with van der Waals surface area (Å²) in [6.07, 6.45) is 2.14. The van der Waals surface area contributed by atoms with Crippen LogP contribution in [0.5, 0.6) is 5.75 Å². The first kappa shape index (κ1) is 19.9. The Hall–Kier alpha value is -2.35. The summed E-state index contributed by atoms with van der Waals surface area (Å²) < 4.78 is 7.61. The van der Waals surface area contributed by atoms with Crippen molar-refractivity contribution in [2.24, 2.45) is 0 Å². The number of thiophene rings is 1. The molecule has 1 aliphatic heterocycles. The number of carbonyl (C=O) groups is 1. The maximum Gasteiger partial charge on any atom is 0.283 e. The van der Waals surface area contributed by atoms with Crippen LogP contribution in [-0.4, -0.2) is 35.9 Å². The number of rotatable bonds is 6. The van der Waals surface area contributed by atoms with Gasteiger partial charge in [0.1, 0.15) is 11.6 Å². The van der Waals surface area contributed by atoms with E-state index in [2.05, 4.69) is 10.6 Å². The molecular weight excluding hydrogens is 408 g/mol. The highest BCUT2D eigenvalue weighted by Gasteiger charge is 2.25. The quantitative estimate of drug-likeness (QED) is 0.627. The summed E-state index contributed by atoms with van der Waals surface area (Å²) in [4.78, 5) is 14.4. The third-order valence-electron chi connectivity index (χ3n) is 5.19. The number of nitrogens with zero attached hydrogens (tertiary/aromatic N) is 2. The van der Waals surface area contributed by atoms with Crippen molar-refractivity contribution >= 4 is 34.7 Å². The number of benzene rings is 1. The number of quaternary nitrogens is 1. The van der Waals surface area contributed by atoms with E-state index in [-0.39, 0.29) is 5.91 Å². The zero-order valence-corrected chi connectivity index (χ0v) is 17.8. The molecule has 1 aliphatic rings. The minimum absolute atomic E-state index is 0.206. The standard InChI is InChI=1S/C21H23ClN4O2S/c1-28-18-5-3-2-4-16(18)21(27)26-20(24-13-15-6-7-19(22)29-15)12-17(25-26)14-8-10-23-11-9-14/h2-7,12,14,23-24H,8-11,13H2,1H3/p+1. The Morgan fingerprint density at radius 3 is 2.83 bits per heavy atom. The topological polar surface area (TPSA) is 72.8 Å². The number of hydrogen-bond donors (Lipinski definition) is 2. The maximum atomic E-state index is 13.3. The summed E-state index contributed by atoms with van der Waals surface area (Å²) in [5.41, 5.74) is 1.46. The second kappa shape index (κ2) is 8.98. The largest absolute Gasteiger partial charge is 0.496 e. The van der Waals surface area contributed by atoms with Crippen molar-refractivity contribution in [3.8, 4) is 5.75 Å². The third-order valence-corrected chi connectivity index (χ3v) is 6.42. The Morgan fingerprint density at radius 1 is 1.31 bits per heavy atom. The molecule has 6 nitrogen and oxygen atoms in total. The molecule has 4 rings (SSSR count). The van der Waals surface area contributed by atoms with Crippen LogP contribution < -0.4 is 15.4 Å². The summed E-state index contributed by atoms with van der Waals surface area (Å²) >= 11 is 7.57. The van der Waals surface area contributed by atoms with E-state index in [1.165, 1.54) is 16.0 Å². The van der Waals surface area contributed by atoms with Crippen LogP contribution in [0.3, 0.4) is 0 Å². The highest BCUT2D eigenvalue weighted by Crippen LogP contribution is 2.28. The van der Waals surface area contributed by atoms with Crippen molar-refractivity contribution in [2.45, 2.75) is 25.3 Å². The number of nitrogens with one attached hydrogen (secondary N) is 1. The lowest BCUT2D eigenvalue weighted by molar-refractivity contribution is -0.663. The second-order valence-corrected chi connectivity index (χ2v) is 8.87. The molecule has 3 N–H and O–H groups in total. The van der Waals surface area contributed by atoms with E-state index in [1.54, 1.807) is 19.2 Å². The Morgan fingerprint density at radius 2 is 2.10 bits per heavy atom. The molecule has 0 aliphatic carbocycles. The molecule has 2 aromatic heterocycles. The van der Waals surface area contributed by atoms with Crippen molar-refractivity contribution < 1.29 is 14.8 Å². The van der Waals surface area contributed by atoms with Crippen LogP contribution in [0.15, 0.2) is 42.5 Å². The van der Waals surface area contributed by atoms with E-state index in [0.29, 0.717) is 29.6 Å². The van der Waals surface area contributed by atoms with Crippen molar-refractivity contribution in [1.82, 2.24) is 9.78 Å². The average molecular weight is 432 g/mol. The Kier molecular flexibility index (Phi) is 6.18. The van der Waals surface area contributed by atoms with Gasteiger partial charge in [-0.15, -0.1) is 11.3 Å². The molecule has 1 fully saturated rings. The fourth-order valence-electron chi connectivity index (χ4n) is 3.66. The zero-order valence-electron chi connectivity index (χ0n) is 16.2. The van der Waals surface area contributed by atoms with Crippen LogP contribution in [0.4, 0.5) is 5.82 Å². The smallest absolute Gasteiger partial charge is 0.283 e. The third kappa shape index (κ3) is 4.47. The molecular formula is C21H24ClN4O2S+. The van der Waals surface area contributed by atoms with Gasteiger partial charge in [0.15, 0.2) is 0 Å². The normalized spacial score (nSPS) is 14.7. The molecule has 1 saturated heterocycles. The lowest BCUT2D eigenvalue weighted by atomic mass is 9.95. The first-order chi connectivity index (χ1) is 14.2. The van der Waals surface area contributed by atoms with Gasteiger partial charge in [0.05, 0.1) is 42.3 Å². The molecule has 29 heavy (non-hydrogen) atoms. The van der Waals surface area contributed by atoms with Crippen LogP contribution in [0.25, 0.3) is 0 Å². The van der Waals surface area contributed by atoms with Crippen LogP contribution in [0.2, 0.25) is 4.34 Å². The number of methoxy groups -OCH3 is 1. The molecule has 8 heteroatoms. The zero-order chi connectivity index (χ0) is 20.2. The SMILES string of the molecule is COc1ccccc1C(=O)n1nc(C2CC[NH2+]CC2)cc1NCc1ccc(Cl)s1. The van der Waals surface area contributed by atoms with Gasteiger partial charge in [-0.05, 0) is 24.3 Å². The van der Waals surface area contributed by atoms with E-state index < -0.39 is 0 Å². The van der Waals surface area contributed by atoms with Crippen LogP contribution in [0.1, 0.15) is 39.7 Å². The number of nitrogens with two attached hydrogens (primary N) is 1. The van der Waals surface area contributed by atoms with E-state index in [4.69, 9.17) is 21.4 Å². The van der Waals surface area contributed by atoms with Gasteiger partial charge in [-0.3, -0.25) is 4.79 Å². The van der Waals surface area contributed by atoms with Crippen molar-refractivity contribution in [3.05, 3.63) is 62.9 Å². The van der Waals surface area contributed by atoms with E-state index >= 15 is 0 Å². The Bertz CT molecular complexity index is 994. The summed E-state index contributed by atoms with van der Waals surface area (Å²) in [6, 6.07) is 13.1. The van der Waals surface area contributed by atoms with E-state index in [9.17, 15) is 4.79 Å². The van der Waals surface area contributed by atoms with Crippen LogP contribution in [0, 0.1) is 0 Å². The molecule has 1 aromatic carbocycles. The predicted molar refractivity (Wildman–Crippen MR) is 115 cm³/mol. The van der Waals surface area contributed by atoms with E-state index in [1.807, 2.05) is 30.3 Å². The molecule has 3 heterocycles. The first-order valence-corrected chi connectivity index (χ1v) is 10.9. The first-order valence-electron chi connectivity index (χ1n) is 9.73. The summed E-state index contributed by atoms with van der Waals surface area (Å²) in [6.45, 7) is 2.77. The minimum atomic E-state index is -0.206. The molecule has 0 atom stereocenters. The van der Waals surface area contributed by atoms with Gasteiger partial charge in [-0.25, -0.2) is 0 Å². The van der Waals surface area contributed by atoms with Crippen LogP contribution >= 0.6 is 22.9 Å². The lowest BCUT2D eigenvalue weighted by Crippen LogP contribution is -2.86. The monoisotopic (exact) mass is 431 g/mol. The molecule has 3 aromatic rings. The molecule has 0 amide bonds. The molecule has 152 valence electrons. The highest BCUT2D eigenvalue weighted by atomic mass is 35.5. The van der Waals surface area contributed by atoms with Crippen molar-refractivity contribution in [3.63, 3.8) is 0 Å². The van der Waals surface area contributed by atoms with Crippen molar-refractivity contribution in [1.29, 1.82) is 0 Å². The van der Waals surface area contributed by atoms with Gasteiger partial charge in [0.2, 0.25) is 0 Å². The summed E-state index contributed by atoms with van der Waals surface area (Å²) in [7, 11) is 1.57. The number of ether oxygens (including phenoxy) is 1. The lowest BCUT2D eigenvalue weighted by Gasteiger charge is -2.17. The molecule has 0 bridgehead atoms. The molecule has 0 unspecified atom stereocenters. The molecule has 0 radical (unpaired) electrons. The number of piperidine rings is 1. The minimum Gasteiger partial charge on any atom is -0.496 e. The van der Waals surface area contributed by atoms with Gasteiger partial charge >= 0.3 is 0 Å². The maximum absolute atomic E-state index is 13.3. The van der Waals surface area contributed by atoms with Gasteiger partial charge in [-0.2, -0.15) is 9.78 Å². The molecule has 0 spiro atoms. The Labute approximate surface area is 178 Å². The van der Waals surface area contributed by atoms with Gasteiger partial charge in [0.25, 0.3) is 5.91 Å². The summed E-state index contributed by atoms with van der Waals surface area (Å²) in [5, 5.41) is 10.4. The van der Waals surface area contributed by atoms with Crippen LogP contribution in [-0.2, 0) is 6.54 Å². The fraction of sp³-hybridized carbons (Fsp3) is 0.333. The number of halogens is 1. The number of hydrogen-bond acceptors (Lipinski definition) is 5. The number of carbonyl (C=O) groups excluding carboxylic acids is 1. The molecule has 0 saturated carbocycles. The number of anilines is 1. The highest BCUT2D eigenvalue weighted by molar-refractivity contribution is 7.16. The summed E-state index contributed by atoms with van der Waals surface area (Å²) in [5.74, 6) is 1.40. The predicted octanol–water partition coefficient (Wildman–Crippen LogP) is 3.35. The average Bonchev–Trinajstić information content (AvgIpc) is 3.38. The second-order valence-electron chi connectivity index (χ2n) is 7.07. The van der Waals surface area contributed by atoms with Crippen molar-refractivity contribution in [2.75, 3.05) is 25.5 Å². The van der Waals surface area contributed by atoms with Gasteiger partial charge in [-0.1, -0.05) is 23.7 Å². The Balaban J connectivity index is 1.65. The van der Waals surface area contributed by atoms with Gasteiger partial charge in [0, 0.05) is 29.7 Å². The van der Waals surface area contributed by atoms with Gasteiger partial charge < -0.3 is 15.4 Å². The number of aromatic nitrogens is 2. The fourth-order valence-corrected chi connectivity index (χ4v) is 4.69. The number of para-hydroxylation sites is 1.